The van der Waals surface area contributed by atoms with Gasteiger partial charge in [0.15, 0.2) is 0 Å². The zero-order chi connectivity index (χ0) is 16.2. The van der Waals surface area contributed by atoms with Gasteiger partial charge in [-0.3, -0.25) is 16.0 Å². The summed E-state index contributed by atoms with van der Waals surface area (Å²) in [7, 11) is -3.83. The molecule has 0 fully saturated rings. The molecule has 1 unspecified atom stereocenters. The van der Waals surface area contributed by atoms with Crippen LogP contribution in [0.5, 0.6) is 0 Å². The van der Waals surface area contributed by atoms with E-state index in [0.29, 0.717) is 11.3 Å². The first-order chi connectivity index (χ1) is 9.72. The van der Waals surface area contributed by atoms with Gasteiger partial charge in [0.25, 0.3) is 5.69 Å². The van der Waals surface area contributed by atoms with Crippen molar-refractivity contribution >= 4 is 33.2 Å². The predicted molar refractivity (Wildman–Crippen MR) is 83.8 cm³/mol. The third-order valence-corrected chi connectivity index (χ3v) is 5.27. The monoisotopic (exact) mass is 334 g/mol. The average molecular weight is 334 g/mol. The molecule has 0 amide bonds. The van der Waals surface area contributed by atoms with Crippen molar-refractivity contribution in [2.24, 2.45) is 5.84 Å². The van der Waals surface area contributed by atoms with Gasteiger partial charge in [0.05, 0.1) is 9.82 Å². The third kappa shape index (κ3) is 4.30. The maximum absolute atomic E-state index is 12.3. The third-order valence-electron chi connectivity index (χ3n) is 2.71. The molecule has 1 atom stereocenters. The zero-order valence-corrected chi connectivity index (χ0v) is 13.5. The molecule has 10 heteroatoms. The van der Waals surface area contributed by atoms with E-state index >= 15 is 0 Å². The number of hydrazine groups is 1. The van der Waals surface area contributed by atoms with Gasteiger partial charge >= 0.3 is 0 Å². The summed E-state index contributed by atoms with van der Waals surface area (Å²) in [5.74, 6) is 5.81. The lowest BCUT2D eigenvalue weighted by Crippen LogP contribution is -2.34. The van der Waals surface area contributed by atoms with Crippen molar-refractivity contribution in [1.29, 1.82) is 0 Å². The second-order valence-electron chi connectivity index (χ2n) is 4.51. The van der Waals surface area contributed by atoms with Crippen LogP contribution in [0.2, 0.25) is 0 Å². The molecule has 0 spiro atoms. The van der Waals surface area contributed by atoms with E-state index < -0.39 is 14.9 Å². The lowest BCUT2D eigenvalue weighted by molar-refractivity contribution is -0.384. The van der Waals surface area contributed by atoms with Crippen LogP contribution in [0.4, 0.5) is 11.4 Å². The van der Waals surface area contributed by atoms with E-state index in [-0.39, 0.29) is 22.3 Å². The van der Waals surface area contributed by atoms with Crippen molar-refractivity contribution in [3.8, 4) is 0 Å². The predicted octanol–water partition coefficient (Wildman–Crippen LogP) is 1.22. The van der Waals surface area contributed by atoms with Crippen molar-refractivity contribution in [3.63, 3.8) is 0 Å². The van der Waals surface area contributed by atoms with Gasteiger partial charge in [0.2, 0.25) is 10.0 Å². The van der Waals surface area contributed by atoms with Crippen LogP contribution in [0.25, 0.3) is 0 Å². The molecule has 0 saturated heterocycles. The summed E-state index contributed by atoms with van der Waals surface area (Å²) in [5, 5.41) is 11.0. The average Bonchev–Trinajstić information content (AvgIpc) is 2.37. The van der Waals surface area contributed by atoms with E-state index in [4.69, 9.17) is 5.84 Å². The first-order valence-electron chi connectivity index (χ1n) is 5.99. The van der Waals surface area contributed by atoms with Gasteiger partial charge < -0.3 is 5.43 Å². The van der Waals surface area contributed by atoms with Crippen LogP contribution >= 0.6 is 11.8 Å². The molecule has 1 rings (SSSR count). The summed E-state index contributed by atoms with van der Waals surface area (Å²) in [6.45, 7) is 3.28. The number of rotatable bonds is 7. The Bertz CT molecular complexity index is 633. The Kier molecular flexibility index (Phi) is 5.96. The highest BCUT2D eigenvalue weighted by molar-refractivity contribution is 7.98. The lowest BCUT2D eigenvalue weighted by Gasteiger charge is -2.15. The summed E-state index contributed by atoms with van der Waals surface area (Å²) in [5.41, 5.74) is 2.25. The number of nitrogen functional groups attached to an aromatic ring is 1. The van der Waals surface area contributed by atoms with Crippen LogP contribution in [-0.2, 0) is 10.0 Å². The molecule has 8 nitrogen and oxygen atoms in total. The highest BCUT2D eigenvalue weighted by atomic mass is 32.2. The summed E-state index contributed by atoms with van der Waals surface area (Å²) in [6, 6.07) is 2.07. The van der Waals surface area contributed by atoms with Crippen LogP contribution in [0, 0.1) is 17.0 Å². The summed E-state index contributed by atoms with van der Waals surface area (Å²) in [4.78, 5) is 10.2. The number of aryl methyl sites for hydroxylation is 1. The fourth-order valence-electron chi connectivity index (χ4n) is 1.85. The minimum atomic E-state index is -3.83. The molecule has 0 aliphatic heterocycles. The minimum Gasteiger partial charge on any atom is -0.318 e. The fraction of sp³-hybridized carbons (Fsp3) is 0.455. The molecule has 1 aromatic rings. The molecular weight excluding hydrogens is 316 g/mol. The van der Waals surface area contributed by atoms with Gasteiger partial charge in [0.1, 0.15) is 5.69 Å². The van der Waals surface area contributed by atoms with E-state index in [1.54, 1.807) is 13.8 Å². The molecule has 0 heterocycles. The van der Waals surface area contributed by atoms with E-state index in [1.807, 2.05) is 6.26 Å². The normalized spacial score (nSPS) is 13.0. The zero-order valence-electron chi connectivity index (χ0n) is 11.9. The van der Waals surface area contributed by atoms with Crippen molar-refractivity contribution < 1.29 is 13.3 Å². The van der Waals surface area contributed by atoms with Gasteiger partial charge in [-0.05, 0) is 31.7 Å². The number of sulfonamides is 1. The number of nitrogens with two attached hydrogens (primary N) is 1. The van der Waals surface area contributed by atoms with Gasteiger partial charge in [-0.1, -0.05) is 0 Å². The van der Waals surface area contributed by atoms with Crippen LogP contribution in [0.15, 0.2) is 17.0 Å². The Hall–Kier alpha value is -1.36. The number of benzene rings is 1. The highest BCUT2D eigenvalue weighted by Gasteiger charge is 2.25. The molecule has 4 N–H and O–H groups in total. The number of nitro groups is 1. The molecule has 0 saturated carbocycles. The molecule has 0 aliphatic rings. The molecule has 0 bridgehead atoms. The molecule has 21 heavy (non-hydrogen) atoms. The van der Waals surface area contributed by atoms with Gasteiger partial charge in [0, 0.05) is 17.9 Å². The quantitative estimate of drug-likeness (QED) is 0.388. The maximum Gasteiger partial charge on any atom is 0.295 e. The van der Waals surface area contributed by atoms with Crippen LogP contribution in [0.1, 0.15) is 12.5 Å². The first-order valence-corrected chi connectivity index (χ1v) is 8.87. The highest BCUT2D eigenvalue weighted by Crippen LogP contribution is 2.30. The Balaban J connectivity index is 3.29. The molecule has 0 aromatic heterocycles. The van der Waals surface area contributed by atoms with Crippen LogP contribution in [-0.4, -0.2) is 31.4 Å². The SMILES string of the molecule is CSCC(C)NS(=O)(=O)c1cc([N+](=O)[O-])c(NN)cc1C. The lowest BCUT2D eigenvalue weighted by atomic mass is 10.2. The molecule has 118 valence electrons. The van der Waals surface area contributed by atoms with E-state index in [2.05, 4.69) is 10.1 Å². The van der Waals surface area contributed by atoms with Gasteiger partial charge in [-0.15, -0.1) is 0 Å². The Labute approximate surface area is 127 Å². The Morgan fingerprint density at radius 1 is 1.48 bits per heavy atom. The van der Waals surface area contributed by atoms with E-state index in [1.165, 1.54) is 17.8 Å². The van der Waals surface area contributed by atoms with E-state index in [9.17, 15) is 18.5 Å². The second kappa shape index (κ2) is 7.07. The number of anilines is 1. The summed E-state index contributed by atoms with van der Waals surface area (Å²) >= 11 is 1.50. The van der Waals surface area contributed by atoms with Gasteiger partial charge in [-0.2, -0.15) is 11.8 Å². The second-order valence-corrected chi connectivity index (χ2v) is 7.11. The minimum absolute atomic E-state index is 0.0635. The van der Waals surface area contributed by atoms with Crippen molar-refractivity contribution in [2.45, 2.75) is 24.8 Å². The van der Waals surface area contributed by atoms with Crippen LogP contribution in [0.3, 0.4) is 0 Å². The number of nitrogens with one attached hydrogen (secondary N) is 2. The Morgan fingerprint density at radius 3 is 2.57 bits per heavy atom. The summed E-state index contributed by atoms with van der Waals surface area (Å²) in [6.07, 6.45) is 1.86. The van der Waals surface area contributed by atoms with Crippen molar-refractivity contribution in [2.75, 3.05) is 17.4 Å². The number of thioether (sulfide) groups is 1. The summed E-state index contributed by atoms with van der Waals surface area (Å²) < 4.78 is 27.1. The standard InChI is InChI=1S/C11H18N4O4S2/c1-7-4-9(13-12)10(15(16)17)5-11(7)21(18,19)14-8(2)6-20-3/h4-5,8,13-14H,6,12H2,1-3H3. The molecule has 1 aromatic carbocycles. The molecular formula is C11H18N4O4S2. The smallest absolute Gasteiger partial charge is 0.295 e. The van der Waals surface area contributed by atoms with Gasteiger partial charge in [-0.25, -0.2) is 13.1 Å². The fourth-order valence-corrected chi connectivity index (χ4v) is 4.02. The maximum atomic E-state index is 12.3. The number of nitrogens with zero attached hydrogens (tertiary/aromatic N) is 1. The van der Waals surface area contributed by atoms with E-state index in [0.717, 1.165) is 6.07 Å². The van der Waals surface area contributed by atoms with Crippen LogP contribution < -0.4 is 16.0 Å². The number of hydrogen-bond acceptors (Lipinski definition) is 7. The Morgan fingerprint density at radius 2 is 2.10 bits per heavy atom. The van der Waals surface area contributed by atoms with Crippen molar-refractivity contribution in [3.05, 3.63) is 27.8 Å². The first kappa shape index (κ1) is 17.7. The topological polar surface area (TPSA) is 127 Å². The number of nitro benzene ring substituents is 1. The number of hydrogen-bond donors (Lipinski definition) is 3. The van der Waals surface area contributed by atoms with Crippen molar-refractivity contribution in [1.82, 2.24) is 4.72 Å². The molecule has 0 aliphatic carbocycles. The molecule has 0 radical (unpaired) electrons. The largest absolute Gasteiger partial charge is 0.318 e.